The van der Waals surface area contributed by atoms with Crippen molar-refractivity contribution in [3.8, 4) is 0 Å². The Kier molecular flexibility index (Phi) is 5.18. The van der Waals surface area contributed by atoms with Crippen LogP contribution in [0.3, 0.4) is 0 Å². The number of sulfonamides is 1. The summed E-state index contributed by atoms with van der Waals surface area (Å²) in [6.07, 6.45) is 0. The van der Waals surface area contributed by atoms with E-state index in [9.17, 15) is 8.42 Å². The normalized spacial score (nSPS) is 19.5. The van der Waals surface area contributed by atoms with Gasteiger partial charge in [0.25, 0.3) is 0 Å². The molecule has 0 aromatic heterocycles. The molecule has 0 bridgehead atoms. The van der Waals surface area contributed by atoms with Gasteiger partial charge in [-0.25, -0.2) is 8.42 Å². The standard InChI is InChI=1S/C15H13BrINO2S2/c16-12-3-1-11(2-4-12)15-18(9-10-21-15)22(19,20)14-7-5-13(17)6-8-14/h1-8,15H,9-10H2/t15-/m1/s1. The molecule has 2 aromatic carbocycles. The van der Waals surface area contributed by atoms with Crippen LogP contribution in [0.15, 0.2) is 57.9 Å². The van der Waals surface area contributed by atoms with E-state index >= 15 is 0 Å². The average Bonchev–Trinajstić information content (AvgIpc) is 2.99. The van der Waals surface area contributed by atoms with Gasteiger partial charge in [0, 0.05) is 20.3 Å². The zero-order valence-corrected chi connectivity index (χ0v) is 16.8. The van der Waals surface area contributed by atoms with Crippen LogP contribution in [0.1, 0.15) is 10.9 Å². The van der Waals surface area contributed by atoms with Crippen molar-refractivity contribution in [3.63, 3.8) is 0 Å². The molecule has 0 amide bonds. The van der Waals surface area contributed by atoms with E-state index in [1.54, 1.807) is 28.2 Å². The molecular formula is C15H13BrINO2S2. The van der Waals surface area contributed by atoms with Crippen molar-refractivity contribution in [2.45, 2.75) is 10.3 Å². The van der Waals surface area contributed by atoms with Crippen LogP contribution < -0.4 is 0 Å². The highest BCUT2D eigenvalue weighted by Gasteiger charge is 2.36. The molecule has 0 aliphatic carbocycles. The summed E-state index contributed by atoms with van der Waals surface area (Å²) in [5.41, 5.74) is 1.01. The number of halogens is 2. The smallest absolute Gasteiger partial charge is 0.207 e. The molecule has 0 unspecified atom stereocenters. The van der Waals surface area contributed by atoms with Crippen molar-refractivity contribution in [2.75, 3.05) is 12.3 Å². The lowest BCUT2D eigenvalue weighted by Gasteiger charge is -2.23. The van der Waals surface area contributed by atoms with Crippen LogP contribution in [-0.2, 0) is 10.0 Å². The quantitative estimate of drug-likeness (QED) is 0.572. The number of rotatable bonds is 3. The lowest BCUT2D eigenvalue weighted by Crippen LogP contribution is -2.30. The van der Waals surface area contributed by atoms with Crippen LogP contribution in [0.5, 0.6) is 0 Å². The Bertz CT molecular complexity index is 763. The van der Waals surface area contributed by atoms with Gasteiger partial charge in [-0.05, 0) is 64.6 Å². The number of hydrogen-bond acceptors (Lipinski definition) is 3. The van der Waals surface area contributed by atoms with E-state index < -0.39 is 10.0 Å². The van der Waals surface area contributed by atoms with E-state index in [0.717, 1.165) is 19.4 Å². The molecule has 0 spiro atoms. The summed E-state index contributed by atoms with van der Waals surface area (Å²) in [4.78, 5) is 0.359. The average molecular weight is 510 g/mol. The Hall–Kier alpha value is -0.0900. The predicted octanol–water partition coefficient (Wildman–Crippen LogP) is 4.49. The highest BCUT2D eigenvalue weighted by atomic mass is 127. The summed E-state index contributed by atoms with van der Waals surface area (Å²) < 4.78 is 29.4. The van der Waals surface area contributed by atoms with Crippen molar-refractivity contribution < 1.29 is 8.42 Å². The molecule has 116 valence electrons. The Morgan fingerprint density at radius 3 is 2.36 bits per heavy atom. The fourth-order valence-electron chi connectivity index (χ4n) is 2.33. The van der Waals surface area contributed by atoms with Gasteiger partial charge in [-0.2, -0.15) is 4.31 Å². The molecule has 7 heteroatoms. The molecule has 1 fully saturated rings. The first-order valence-electron chi connectivity index (χ1n) is 6.63. The molecule has 3 nitrogen and oxygen atoms in total. The van der Waals surface area contributed by atoms with Gasteiger partial charge in [0.1, 0.15) is 0 Å². The zero-order valence-electron chi connectivity index (χ0n) is 11.4. The molecule has 1 aliphatic rings. The molecule has 0 radical (unpaired) electrons. The number of hydrogen-bond donors (Lipinski definition) is 0. The van der Waals surface area contributed by atoms with E-state index in [4.69, 9.17) is 0 Å². The number of thioether (sulfide) groups is 1. The van der Waals surface area contributed by atoms with Crippen LogP contribution >= 0.6 is 50.3 Å². The van der Waals surface area contributed by atoms with Crippen LogP contribution in [0, 0.1) is 3.57 Å². The van der Waals surface area contributed by atoms with Gasteiger partial charge in [-0.3, -0.25) is 0 Å². The third-order valence-corrected chi connectivity index (χ3v) is 7.95. The summed E-state index contributed by atoms with van der Waals surface area (Å²) in [6, 6.07) is 14.9. The fraction of sp³-hybridized carbons (Fsp3) is 0.200. The highest BCUT2D eigenvalue weighted by Crippen LogP contribution is 2.41. The zero-order chi connectivity index (χ0) is 15.7. The number of benzene rings is 2. The van der Waals surface area contributed by atoms with Gasteiger partial charge in [-0.1, -0.05) is 28.1 Å². The molecule has 0 saturated carbocycles. The van der Waals surface area contributed by atoms with Gasteiger partial charge in [0.2, 0.25) is 10.0 Å². The minimum Gasteiger partial charge on any atom is -0.207 e. The topological polar surface area (TPSA) is 37.4 Å². The summed E-state index contributed by atoms with van der Waals surface area (Å²) in [6.45, 7) is 0.541. The van der Waals surface area contributed by atoms with Gasteiger partial charge in [0.15, 0.2) is 0 Å². The maximum atomic E-state index is 12.9. The lowest BCUT2D eigenvalue weighted by atomic mass is 10.2. The molecule has 1 heterocycles. The predicted molar refractivity (Wildman–Crippen MR) is 102 cm³/mol. The third kappa shape index (κ3) is 3.38. The first-order valence-corrected chi connectivity index (χ1v) is 11.0. The third-order valence-electron chi connectivity index (χ3n) is 3.42. The SMILES string of the molecule is O=S(=O)(c1ccc(I)cc1)N1CCS[C@@H]1c1ccc(Br)cc1. The summed E-state index contributed by atoms with van der Waals surface area (Å²) in [5.74, 6) is 0.810. The van der Waals surface area contributed by atoms with Gasteiger partial charge in [0.05, 0.1) is 10.3 Å². The molecule has 1 atom stereocenters. The summed E-state index contributed by atoms with van der Waals surface area (Å²) in [5, 5.41) is -0.155. The number of nitrogens with zero attached hydrogens (tertiary/aromatic N) is 1. The molecule has 0 N–H and O–H groups in total. The molecule has 3 rings (SSSR count). The summed E-state index contributed by atoms with van der Waals surface area (Å²) >= 11 is 7.25. The minimum atomic E-state index is -3.47. The van der Waals surface area contributed by atoms with E-state index in [-0.39, 0.29) is 5.37 Å². The first-order chi connectivity index (χ1) is 10.5. The van der Waals surface area contributed by atoms with Crippen LogP contribution in [0.25, 0.3) is 0 Å². The van der Waals surface area contributed by atoms with Crippen molar-refractivity contribution in [1.29, 1.82) is 0 Å². The molecule has 1 aliphatic heterocycles. The van der Waals surface area contributed by atoms with E-state index in [1.807, 2.05) is 36.4 Å². The second kappa shape index (κ2) is 6.80. The minimum absolute atomic E-state index is 0.155. The monoisotopic (exact) mass is 509 g/mol. The Morgan fingerprint density at radius 1 is 1.09 bits per heavy atom. The lowest BCUT2D eigenvalue weighted by molar-refractivity contribution is 0.434. The van der Waals surface area contributed by atoms with Crippen molar-refractivity contribution in [1.82, 2.24) is 4.31 Å². The van der Waals surface area contributed by atoms with Crippen LogP contribution in [0.2, 0.25) is 0 Å². The summed E-state index contributed by atoms with van der Waals surface area (Å²) in [7, 11) is -3.47. The van der Waals surface area contributed by atoms with Gasteiger partial charge < -0.3 is 0 Å². The van der Waals surface area contributed by atoms with Crippen molar-refractivity contribution in [2.24, 2.45) is 0 Å². The van der Waals surface area contributed by atoms with Crippen molar-refractivity contribution in [3.05, 3.63) is 62.1 Å². The second-order valence-corrected chi connectivity index (χ2v) is 10.1. The maximum absolute atomic E-state index is 12.9. The van der Waals surface area contributed by atoms with Crippen LogP contribution in [0.4, 0.5) is 0 Å². The molecule has 22 heavy (non-hydrogen) atoms. The molecule has 2 aromatic rings. The first kappa shape index (κ1) is 16.8. The Morgan fingerprint density at radius 2 is 1.73 bits per heavy atom. The highest BCUT2D eigenvalue weighted by molar-refractivity contribution is 14.1. The van der Waals surface area contributed by atoms with E-state index in [2.05, 4.69) is 38.5 Å². The van der Waals surface area contributed by atoms with E-state index in [0.29, 0.717) is 11.4 Å². The van der Waals surface area contributed by atoms with Crippen molar-refractivity contribution >= 4 is 60.3 Å². The molecular weight excluding hydrogens is 497 g/mol. The Labute approximate surface area is 156 Å². The van der Waals surface area contributed by atoms with E-state index in [1.165, 1.54) is 0 Å². The van der Waals surface area contributed by atoms with Gasteiger partial charge >= 0.3 is 0 Å². The Balaban J connectivity index is 1.95. The largest absolute Gasteiger partial charge is 0.244 e. The fourth-order valence-corrected chi connectivity index (χ4v) is 6.20. The second-order valence-electron chi connectivity index (χ2n) is 4.84. The van der Waals surface area contributed by atoms with Crippen LogP contribution in [-0.4, -0.2) is 25.0 Å². The molecule has 1 saturated heterocycles. The maximum Gasteiger partial charge on any atom is 0.244 e. The van der Waals surface area contributed by atoms with Gasteiger partial charge in [-0.15, -0.1) is 11.8 Å².